The Balaban J connectivity index is 1.82. The maximum atomic E-state index is 12.0. The Morgan fingerprint density at radius 3 is 2.61 bits per heavy atom. The van der Waals surface area contributed by atoms with E-state index in [4.69, 9.17) is 4.74 Å². The van der Waals surface area contributed by atoms with Crippen LogP contribution in [0.25, 0.3) is 0 Å². The van der Waals surface area contributed by atoms with E-state index in [0.717, 1.165) is 24.8 Å². The summed E-state index contributed by atoms with van der Waals surface area (Å²) in [6, 6.07) is 8.34. The van der Waals surface area contributed by atoms with Gasteiger partial charge in [0, 0.05) is 6.42 Å². The zero-order chi connectivity index (χ0) is 16.7. The molecule has 0 radical (unpaired) electrons. The minimum absolute atomic E-state index is 0.0758. The fourth-order valence-electron chi connectivity index (χ4n) is 3.00. The van der Waals surface area contributed by atoms with E-state index in [9.17, 15) is 14.7 Å². The molecule has 0 spiro atoms. The molecule has 23 heavy (non-hydrogen) atoms. The van der Waals surface area contributed by atoms with Crippen LogP contribution in [0.5, 0.6) is 0 Å². The Morgan fingerprint density at radius 1 is 1.26 bits per heavy atom. The number of hydrogen-bond acceptors (Lipinski definition) is 3. The van der Waals surface area contributed by atoms with Gasteiger partial charge in [0.1, 0.15) is 12.6 Å². The third-order valence-electron chi connectivity index (χ3n) is 4.38. The summed E-state index contributed by atoms with van der Waals surface area (Å²) >= 11 is 0. The molecule has 3 atom stereocenters. The van der Waals surface area contributed by atoms with Gasteiger partial charge in [0.2, 0.25) is 5.91 Å². The first-order valence-electron chi connectivity index (χ1n) is 8.24. The molecule has 0 aliphatic heterocycles. The monoisotopic (exact) mass is 319 g/mol. The van der Waals surface area contributed by atoms with Gasteiger partial charge in [-0.1, -0.05) is 50.1 Å². The second-order valence-electron chi connectivity index (χ2n) is 6.26. The van der Waals surface area contributed by atoms with Crippen molar-refractivity contribution in [3.8, 4) is 0 Å². The fraction of sp³-hybridized carbons (Fsp3) is 0.556. The van der Waals surface area contributed by atoms with Crippen LogP contribution >= 0.6 is 0 Å². The molecular formula is C18H25NO4. The Bertz CT molecular complexity index is 517. The molecule has 2 unspecified atom stereocenters. The van der Waals surface area contributed by atoms with Crippen molar-refractivity contribution in [1.82, 2.24) is 5.32 Å². The van der Waals surface area contributed by atoms with Crippen LogP contribution in [0.15, 0.2) is 30.3 Å². The van der Waals surface area contributed by atoms with Crippen molar-refractivity contribution in [1.29, 1.82) is 0 Å². The number of carboxylic acid groups (broad SMARTS) is 1. The molecule has 2 rings (SSSR count). The largest absolute Gasteiger partial charge is 0.480 e. The van der Waals surface area contributed by atoms with Gasteiger partial charge in [-0.25, -0.2) is 4.79 Å². The molecule has 126 valence electrons. The average molecular weight is 319 g/mol. The minimum Gasteiger partial charge on any atom is -0.480 e. The van der Waals surface area contributed by atoms with Gasteiger partial charge in [-0.3, -0.25) is 4.79 Å². The second-order valence-corrected chi connectivity index (χ2v) is 6.26. The number of hydrogen-bond donors (Lipinski definition) is 2. The van der Waals surface area contributed by atoms with Crippen molar-refractivity contribution in [3.05, 3.63) is 35.9 Å². The van der Waals surface area contributed by atoms with E-state index in [0.29, 0.717) is 5.92 Å². The molecule has 1 fully saturated rings. The highest BCUT2D eigenvalue weighted by Crippen LogP contribution is 2.26. The number of carboxylic acids is 1. The van der Waals surface area contributed by atoms with Crippen LogP contribution in [0, 0.1) is 5.92 Å². The number of benzene rings is 1. The number of aliphatic carboxylic acids is 1. The average Bonchev–Trinajstić information content (AvgIpc) is 2.54. The van der Waals surface area contributed by atoms with Crippen LogP contribution in [0.4, 0.5) is 0 Å². The summed E-state index contributed by atoms with van der Waals surface area (Å²) in [6.07, 6.45) is 4.81. The maximum Gasteiger partial charge on any atom is 0.326 e. The molecule has 1 aromatic carbocycles. The van der Waals surface area contributed by atoms with Gasteiger partial charge in [0.05, 0.1) is 6.10 Å². The molecule has 5 nitrogen and oxygen atoms in total. The van der Waals surface area contributed by atoms with Crippen LogP contribution in [0.2, 0.25) is 0 Å². The summed E-state index contributed by atoms with van der Waals surface area (Å²) in [5, 5.41) is 11.8. The second kappa shape index (κ2) is 8.67. The van der Waals surface area contributed by atoms with Crippen LogP contribution in [-0.2, 0) is 20.7 Å². The van der Waals surface area contributed by atoms with Crippen molar-refractivity contribution in [3.63, 3.8) is 0 Å². The van der Waals surface area contributed by atoms with Crippen LogP contribution < -0.4 is 5.32 Å². The molecular weight excluding hydrogens is 294 g/mol. The highest BCUT2D eigenvalue weighted by molar-refractivity contribution is 5.84. The number of amides is 1. The quantitative estimate of drug-likeness (QED) is 0.809. The van der Waals surface area contributed by atoms with Gasteiger partial charge in [-0.15, -0.1) is 0 Å². The molecule has 1 aromatic rings. The molecule has 1 saturated carbocycles. The van der Waals surface area contributed by atoms with E-state index in [2.05, 4.69) is 12.2 Å². The molecule has 2 N–H and O–H groups in total. The smallest absolute Gasteiger partial charge is 0.326 e. The topological polar surface area (TPSA) is 75.6 Å². The first-order chi connectivity index (χ1) is 11.1. The molecule has 1 amide bonds. The molecule has 0 heterocycles. The standard InChI is InChI=1S/C18H25NO4/c1-13-7-5-6-10-16(13)23-12-17(20)19-15(18(21)22)11-14-8-3-2-4-9-14/h2-4,8-9,13,15-16H,5-7,10-12H2,1H3,(H,19,20)(H,21,22)/t13?,15-,16?/m0/s1. The Kier molecular flexibility index (Phi) is 6.59. The molecule has 1 aliphatic carbocycles. The predicted octanol–water partition coefficient (Wildman–Crippen LogP) is 2.39. The van der Waals surface area contributed by atoms with Gasteiger partial charge >= 0.3 is 5.97 Å². The lowest BCUT2D eigenvalue weighted by Crippen LogP contribution is -2.44. The van der Waals surface area contributed by atoms with E-state index in [-0.39, 0.29) is 25.0 Å². The Labute approximate surface area is 137 Å². The number of carbonyl (C=O) groups excluding carboxylic acids is 1. The first kappa shape index (κ1) is 17.5. The zero-order valence-electron chi connectivity index (χ0n) is 13.5. The number of ether oxygens (including phenoxy) is 1. The normalized spacial score (nSPS) is 22.3. The third kappa shape index (κ3) is 5.67. The van der Waals surface area contributed by atoms with E-state index in [1.807, 2.05) is 30.3 Å². The summed E-state index contributed by atoms with van der Waals surface area (Å²) < 4.78 is 5.68. The van der Waals surface area contributed by atoms with Crippen molar-refractivity contribution in [2.24, 2.45) is 5.92 Å². The van der Waals surface area contributed by atoms with Crippen molar-refractivity contribution >= 4 is 11.9 Å². The Morgan fingerprint density at radius 2 is 1.96 bits per heavy atom. The molecule has 1 aliphatic rings. The lowest BCUT2D eigenvalue weighted by molar-refractivity contribution is -0.143. The maximum absolute atomic E-state index is 12.0. The lowest BCUT2D eigenvalue weighted by Gasteiger charge is -2.28. The van der Waals surface area contributed by atoms with Crippen molar-refractivity contribution < 1.29 is 19.4 Å². The summed E-state index contributed by atoms with van der Waals surface area (Å²) in [4.78, 5) is 23.3. The van der Waals surface area contributed by atoms with Crippen molar-refractivity contribution in [2.75, 3.05) is 6.61 Å². The third-order valence-corrected chi connectivity index (χ3v) is 4.38. The van der Waals surface area contributed by atoms with Gasteiger partial charge in [0.15, 0.2) is 0 Å². The van der Waals surface area contributed by atoms with Crippen LogP contribution in [0.1, 0.15) is 38.2 Å². The van der Waals surface area contributed by atoms with Gasteiger partial charge < -0.3 is 15.2 Å². The Hall–Kier alpha value is -1.88. The van der Waals surface area contributed by atoms with Crippen LogP contribution in [0.3, 0.4) is 0 Å². The van der Waals surface area contributed by atoms with Crippen molar-refractivity contribution in [2.45, 2.75) is 51.2 Å². The number of carbonyl (C=O) groups is 2. The minimum atomic E-state index is -1.03. The predicted molar refractivity (Wildman–Crippen MR) is 87.1 cm³/mol. The summed E-state index contributed by atoms with van der Waals surface area (Å²) in [5.74, 6) is -0.949. The first-order valence-corrected chi connectivity index (χ1v) is 8.24. The van der Waals surface area contributed by atoms with E-state index in [1.54, 1.807) is 0 Å². The van der Waals surface area contributed by atoms with E-state index < -0.39 is 12.0 Å². The van der Waals surface area contributed by atoms with Gasteiger partial charge in [0.25, 0.3) is 0 Å². The SMILES string of the molecule is CC1CCCCC1OCC(=O)N[C@@H](Cc1ccccc1)C(=O)O. The van der Waals surface area contributed by atoms with Gasteiger partial charge in [-0.05, 0) is 24.3 Å². The summed E-state index contributed by atoms with van der Waals surface area (Å²) in [7, 11) is 0. The molecule has 5 heteroatoms. The molecule has 0 bridgehead atoms. The highest BCUT2D eigenvalue weighted by atomic mass is 16.5. The highest BCUT2D eigenvalue weighted by Gasteiger charge is 2.24. The van der Waals surface area contributed by atoms with Crippen LogP contribution in [-0.4, -0.2) is 35.7 Å². The number of nitrogens with one attached hydrogen (secondary N) is 1. The van der Waals surface area contributed by atoms with Gasteiger partial charge in [-0.2, -0.15) is 0 Å². The number of rotatable bonds is 7. The zero-order valence-corrected chi connectivity index (χ0v) is 13.5. The fourth-order valence-corrected chi connectivity index (χ4v) is 3.00. The summed E-state index contributed by atoms with van der Waals surface area (Å²) in [5.41, 5.74) is 0.877. The molecule has 0 saturated heterocycles. The molecule has 0 aromatic heterocycles. The lowest BCUT2D eigenvalue weighted by atomic mass is 9.88. The van der Waals surface area contributed by atoms with E-state index >= 15 is 0 Å². The summed E-state index contributed by atoms with van der Waals surface area (Å²) in [6.45, 7) is 2.06. The van der Waals surface area contributed by atoms with E-state index in [1.165, 1.54) is 6.42 Å².